The number of carbonyl (C=O) groups excluding carboxylic acids is 2. The third kappa shape index (κ3) is 5.59. The fourth-order valence-corrected chi connectivity index (χ4v) is 4.42. The molecule has 0 unspecified atom stereocenters. The summed E-state index contributed by atoms with van der Waals surface area (Å²) >= 11 is 12.1. The predicted octanol–water partition coefficient (Wildman–Crippen LogP) is 3.66. The molecule has 0 aliphatic heterocycles. The summed E-state index contributed by atoms with van der Waals surface area (Å²) in [5.74, 6) is -1.36. The van der Waals surface area contributed by atoms with Crippen LogP contribution in [0.4, 0.5) is 0 Å². The van der Waals surface area contributed by atoms with Gasteiger partial charge in [0.25, 0.3) is 0 Å². The van der Waals surface area contributed by atoms with Crippen LogP contribution in [-0.4, -0.2) is 48.8 Å². The van der Waals surface area contributed by atoms with Crippen molar-refractivity contribution in [1.82, 2.24) is 4.90 Å². The highest BCUT2D eigenvalue weighted by Gasteiger charge is 2.39. The molecule has 9 heteroatoms. The van der Waals surface area contributed by atoms with E-state index < -0.39 is 38.3 Å². The first kappa shape index (κ1) is 23.7. The highest BCUT2D eigenvalue weighted by atomic mass is 35.5. The number of likely N-dealkylation sites (N-methyl/N-ethyl adjacent to an activating group) is 1. The minimum absolute atomic E-state index is 0.102. The quantitative estimate of drug-likeness (QED) is 0.579. The fourth-order valence-electron chi connectivity index (χ4n) is 2.65. The van der Waals surface area contributed by atoms with Gasteiger partial charge in [-0.3, -0.25) is 4.79 Å². The monoisotopic (exact) mass is 437 g/mol. The number of halogens is 2. The van der Waals surface area contributed by atoms with Gasteiger partial charge in [0.15, 0.2) is 15.9 Å². The van der Waals surface area contributed by atoms with Crippen molar-refractivity contribution in [3.8, 4) is 0 Å². The number of carbonyl (C=O) groups is 2. The second kappa shape index (κ2) is 9.75. The molecule has 152 valence electrons. The molecule has 0 bridgehead atoms. The first-order valence-corrected chi connectivity index (χ1v) is 11.0. The Morgan fingerprint density at radius 1 is 1.07 bits per heavy atom. The normalized spacial score (nSPS) is 13.9. The van der Waals surface area contributed by atoms with Crippen LogP contribution >= 0.6 is 23.2 Å². The average molecular weight is 438 g/mol. The molecular weight excluding hydrogens is 413 g/mol. The van der Waals surface area contributed by atoms with Crippen LogP contribution in [0.5, 0.6) is 0 Å². The molecular formula is C18H25Cl2NO5S. The molecule has 1 rings (SSSR count). The van der Waals surface area contributed by atoms with Gasteiger partial charge in [-0.2, -0.15) is 0 Å². The number of ether oxygens (including phenoxy) is 1. The van der Waals surface area contributed by atoms with E-state index in [0.29, 0.717) is 5.56 Å². The molecule has 27 heavy (non-hydrogen) atoms. The summed E-state index contributed by atoms with van der Waals surface area (Å²) < 4.78 is 30.0. The first-order chi connectivity index (χ1) is 12.5. The Bertz CT molecular complexity index is 775. The molecule has 0 spiro atoms. The Balaban J connectivity index is 3.44. The molecule has 6 nitrogen and oxygen atoms in total. The van der Waals surface area contributed by atoms with Crippen molar-refractivity contribution in [2.24, 2.45) is 0 Å². The summed E-state index contributed by atoms with van der Waals surface area (Å²) in [6, 6.07) is 3.36. The third-order valence-corrected chi connectivity index (χ3v) is 7.08. The number of esters is 1. The van der Waals surface area contributed by atoms with Gasteiger partial charge in [-0.25, -0.2) is 13.2 Å². The molecule has 0 aromatic heterocycles. The van der Waals surface area contributed by atoms with Gasteiger partial charge in [-0.15, -0.1) is 0 Å². The summed E-state index contributed by atoms with van der Waals surface area (Å²) in [5, 5.41) is -1.45. The number of rotatable bonds is 8. The van der Waals surface area contributed by atoms with Crippen LogP contribution in [0, 0.1) is 0 Å². The molecule has 0 aliphatic rings. The van der Waals surface area contributed by atoms with Crippen LogP contribution in [0.3, 0.4) is 0 Å². The van der Waals surface area contributed by atoms with Crippen molar-refractivity contribution in [1.29, 1.82) is 0 Å². The maximum absolute atomic E-state index is 13.0. The van der Waals surface area contributed by atoms with Crippen molar-refractivity contribution in [3.63, 3.8) is 0 Å². The average Bonchev–Trinajstić information content (AvgIpc) is 2.57. The van der Waals surface area contributed by atoms with Gasteiger partial charge in [0.2, 0.25) is 5.91 Å². The fraction of sp³-hybridized carbons (Fsp3) is 0.556. The lowest BCUT2D eigenvalue weighted by molar-refractivity contribution is -0.155. The summed E-state index contributed by atoms with van der Waals surface area (Å²) in [6.07, 6.45) is 0. The standard InChI is InChI=1S/C18H25Cl2NO5S/c1-6-21(17(22)12(5)27(24,25)11(3)4)16(18(23)26-7-2)13-8-14(19)10-15(20)9-13/h8-12,16H,6-7H2,1-5H3/t12-,16+/m1/s1. The van der Waals surface area contributed by atoms with Crippen molar-refractivity contribution in [2.75, 3.05) is 13.2 Å². The van der Waals surface area contributed by atoms with E-state index in [1.807, 2.05) is 0 Å². The van der Waals surface area contributed by atoms with E-state index in [0.717, 1.165) is 0 Å². The van der Waals surface area contributed by atoms with Crippen LogP contribution in [0.1, 0.15) is 46.2 Å². The van der Waals surface area contributed by atoms with Gasteiger partial charge in [-0.05, 0) is 58.4 Å². The Kier molecular flexibility index (Phi) is 8.57. The molecule has 0 saturated heterocycles. The molecule has 0 fully saturated rings. The summed E-state index contributed by atoms with van der Waals surface area (Å²) in [4.78, 5) is 26.8. The van der Waals surface area contributed by atoms with Gasteiger partial charge in [0, 0.05) is 16.6 Å². The molecule has 2 atom stereocenters. The van der Waals surface area contributed by atoms with Gasteiger partial charge in [-0.1, -0.05) is 23.2 Å². The largest absolute Gasteiger partial charge is 0.464 e. The third-order valence-electron chi connectivity index (χ3n) is 4.14. The van der Waals surface area contributed by atoms with Gasteiger partial charge in [0.1, 0.15) is 5.25 Å². The number of hydrogen-bond acceptors (Lipinski definition) is 5. The lowest BCUT2D eigenvalue weighted by Gasteiger charge is -2.32. The van der Waals surface area contributed by atoms with E-state index in [4.69, 9.17) is 27.9 Å². The zero-order valence-electron chi connectivity index (χ0n) is 16.0. The molecule has 0 heterocycles. The van der Waals surface area contributed by atoms with E-state index >= 15 is 0 Å². The summed E-state index contributed by atoms with van der Waals surface area (Å²) in [7, 11) is -3.70. The summed E-state index contributed by atoms with van der Waals surface area (Å²) in [6.45, 7) is 7.85. The van der Waals surface area contributed by atoms with Crippen LogP contribution in [0.15, 0.2) is 18.2 Å². The topological polar surface area (TPSA) is 80.8 Å². The number of hydrogen-bond donors (Lipinski definition) is 0. The molecule has 1 amide bonds. The molecule has 0 aliphatic carbocycles. The van der Waals surface area contributed by atoms with Gasteiger partial charge in [0.05, 0.1) is 11.9 Å². The lowest BCUT2D eigenvalue weighted by atomic mass is 10.0. The smallest absolute Gasteiger partial charge is 0.333 e. The number of benzene rings is 1. The van der Waals surface area contributed by atoms with E-state index in [2.05, 4.69) is 0 Å². The second-order valence-electron chi connectivity index (χ2n) is 6.26. The molecule has 0 radical (unpaired) electrons. The Morgan fingerprint density at radius 2 is 1.59 bits per heavy atom. The highest BCUT2D eigenvalue weighted by Crippen LogP contribution is 2.29. The highest BCUT2D eigenvalue weighted by molar-refractivity contribution is 7.93. The number of nitrogens with zero attached hydrogens (tertiary/aromatic N) is 1. The lowest BCUT2D eigenvalue weighted by Crippen LogP contribution is -2.47. The zero-order chi connectivity index (χ0) is 20.9. The number of amides is 1. The maximum atomic E-state index is 13.0. The van der Waals surface area contributed by atoms with Crippen molar-refractivity contribution in [2.45, 2.75) is 51.2 Å². The van der Waals surface area contributed by atoms with Crippen molar-refractivity contribution >= 4 is 44.9 Å². The van der Waals surface area contributed by atoms with Gasteiger partial charge < -0.3 is 9.64 Å². The zero-order valence-corrected chi connectivity index (χ0v) is 18.4. The van der Waals surface area contributed by atoms with Crippen LogP contribution < -0.4 is 0 Å². The molecule has 0 N–H and O–H groups in total. The van der Waals surface area contributed by atoms with Crippen LogP contribution in [-0.2, 0) is 24.2 Å². The molecule has 1 aromatic rings. The van der Waals surface area contributed by atoms with Crippen molar-refractivity contribution in [3.05, 3.63) is 33.8 Å². The Morgan fingerprint density at radius 3 is 2.00 bits per heavy atom. The molecule has 0 saturated carbocycles. The molecule has 1 aromatic carbocycles. The van der Waals surface area contributed by atoms with E-state index in [1.54, 1.807) is 13.8 Å². The predicted molar refractivity (Wildman–Crippen MR) is 107 cm³/mol. The Hall–Kier alpha value is -1.31. The van der Waals surface area contributed by atoms with Crippen molar-refractivity contribution < 1.29 is 22.7 Å². The maximum Gasteiger partial charge on any atom is 0.333 e. The SMILES string of the molecule is CCOC(=O)[C@H](c1cc(Cl)cc(Cl)c1)N(CC)C(=O)[C@@H](C)S(=O)(=O)C(C)C. The minimum atomic E-state index is -3.70. The van der Waals surface area contributed by atoms with Gasteiger partial charge >= 0.3 is 5.97 Å². The van der Waals surface area contributed by atoms with Crippen LogP contribution in [0.25, 0.3) is 0 Å². The van der Waals surface area contributed by atoms with E-state index in [-0.39, 0.29) is 23.2 Å². The minimum Gasteiger partial charge on any atom is -0.464 e. The Labute approximate surface area is 170 Å². The number of sulfone groups is 1. The second-order valence-corrected chi connectivity index (χ2v) is 9.96. The van der Waals surface area contributed by atoms with E-state index in [9.17, 15) is 18.0 Å². The van der Waals surface area contributed by atoms with Crippen LogP contribution in [0.2, 0.25) is 10.0 Å². The first-order valence-electron chi connectivity index (χ1n) is 8.63. The summed E-state index contributed by atoms with van der Waals surface area (Å²) in [5.41, 5.74) is 0.357. The van der Waals surface area contributed by atoms with E-state index in [1.165, 1.54) is 43.9 Å².